The molecule has 0 N–H and O–H groups in total. The molecule has 1 amide bonds. The van der Waals surface area contributed by atoms with Gasteiger partial charge in [0.2, 0.25) is 0 Å². The van der Waals surface area contributed by atoms with Gasteiger partial charge >= 0.3 is 0 Å². The van der Waals surface area contributed by atoms with Crippen molar-refractivity contribution in [3.05, 3.63) is 52.2 Å². The van der Waals surface area contributed by atoms with Gasteiger partial charge in [-0.3, -0.25) is 4.79 Å². The number of hydrogen-bond donors (Lipinski definition) is 0. The average Bonchev–Trinajstić information content (AvgIpc) is 2.62. The van der Waals surface area contributed by atoms with Crippen molar-refractivity contribution in [3.8, 4) is 5.75 Å². The van der Waals surface area contributed by atoms with Gasteiger partial charge in [0.15, 0.2) is 6.61 Å². The third-order valence-electron chi connectivity index (χ3n) is 3.78. The Kier molecular flexibility index (Phi) is 5.32. The Bertz CT molecular complexity index is 641. The van der Waals surface area contributed by atoms with Gasteiger partial charge in [0.25, 0.3) is 5.91 Å². The summed E-state index contributed by atoms with van der Waals surface area (Å²) in [5.74, 6) is 1.73. The highest BCUT2D eigenvalue weighted by molar-refractivity contribution is 14.1. The summed E-state index contributed by atoms with van der Waals surface area (Å²) in [6.07, 6.45) is 1.79. The molecule has 6 heteroatoms. The summed E-state index contributed by atoms with van der Waals surface area (Å²) in [7, 11) is 0. The third kappa shape index (κ3) is 4.34. The van der Waals surface area contributed by atoms with Crippen molar-refractivity contribution in [3.63, 3.8) is 0 Å². The number of anilines is 1. The molecule has 3 rings (SSSR count). The first-order valence-corrected chi connectivity index (χ1v) is 8.62. The quantitative estimate of drug-likeness (QED) is 0.709. The monoisotopic (exact) mass is 423 g/mol. The Morgan fingerprint density at radius 1 is 1.09 bits per heavy atom. The number of carbonyl (C=O) groups excluding carboxylic acids is 1. The summed E-state index contributed by atoms with van der Waals surface area (Å²) in [5, 5.41) is 0. The molecule has 0 unspecified atom stereocenters. The van der Waals surface area contributed by atoms with Crippen LogP contribution in [0, 0.1) is 3.57 Å². The Labute approximate surface area is 149 Å². The standard InChI is InChI=1S/C17H18IN3O2/c18-14-4-6-15(7-5-14)23-13-17(22)21-11-9-20(10-12-21)16-3-1-2-8-19-16/h1-8H,9-13H2. The molecule has 1 aromatic heterocycles. The molecule has 23 heavy (non-hydrogen) atoms. The Morgan fingerprint density at radius 2 is 1.83 bits per heavy atom. The Balaban J connectivity index is 1.47. The maximum Gasteiger partial charge on any atom is 0.260 e. The minimum atomic E-state index is 0.0317. The number of carbonyl (C=O) groups is 1. The number of nitrogens with zero attached hydrogens (tertiary/aromatic N) is 3. The first-order chi connectivity index (χ1) is 11.2. The van der Waals surface area contributed by atoms with Crippen LogP contribution >= 0.6 is 22.6 Å². The van der Waals surface area contributed by atoms with Crippen molar-refractivity contribution in [1.29, 1.82) is 0 Å². The van der Waals surface area contributed by atoms with Gasteiger partial charge in [-0.2, -0.15) is 0 Å². The molecule has 2 heterocycles. The zero-order valence-corrected chi connectivity index (χ0v) is 14.8. The summed E-state index contributed by atoms with van der Waals surface area (Å²) in [4.78, 5) is 20.7. The number of halogens is 1. The van der Waals surface area contributed by atoms with Crippen molar-refractivity contribution in [2.75, 3.05) is 37.7 Å². The number of pyridine rings is 1. The van der Waals surface area contributed by atoms with Gasteiger partial charge in [-0.1, -0.05) is 6.07 Å². The van der Waals surface area contributed by atoms with Gasteiger partial charge < -0.3 is 14.5 Å². The molecule has 0 bridgehead atoms. The van der Waals surface area contributed by atoms with E-state index in [0.29, 0.717) is 13.1 Å². The van der Waals surface area contributed by atoms with Crippen molar-refractivity contribution >= 4 is 34.3 Å². The lowest BCUT2D eigenvalue weighted by Gasteiger charge is -2.35. The molecule has 2 aromatic rings. The van der Waals surface area contributed by atoms with Crippen molar-refractivity contribution in [2.45, 2.75) is 0 Å². The molecule has 1 fully saturated rings. The maximum absolute atomic E-state index is 12.2. The van der Waals surface area contributed by atoms with E-state index in [0.717, 1.165) is 28.2 Å². The highest BCUT2D eigenvalue weighted by Gasteiger charge is 2.21. The molecule has 0 spiro atoms. The van der Waals surface area contributed by atoms with Crippen LogP contribution in [0.5, 0.6) is 5.75 Å². The fourth-order valence-corrected chi connectivity index (χ4v) is 2.85. The van der Waals surface area contributed by atoms with E-state index in [1.165, 1.54) is 0 Å². The van der Waals surface area contributed by atoms with Crippen LogP contribution < -0.4 is 9.64 Å². The normalized spacial score (nSPS) is 14.7. The largest absolute Gasteiger partial charge is 0.484 e. The van der Waals surface area contributed by atoms with E-state index < -0.39 is 0 Å². The molecule has 1 aliphatic heterocycles. The summed E-state index contributed by atoms with van der Waals surface area (Å²) in [6, 6.07) is 13.6. The molecule has 1 saturated heterocycles. The fourth-order valence-electron chi connectivity index (χ4n) is 2.49. The molecule has 1 aromatic carbocycles. The number of rotatable bonds is 4. The van der Waals surface area contributed by atoms with Crippen LogP contribution in [0.25, 0.3) is 0 Å². The van der Waals surface area contributed by atoms with Crippen LogP contribution in [0.1, 0.15) is 0 Å². The van der Waals surface area contributed by atoms with Gasteiger partial charge in [-0.05, 0) is 59.0 Å². The average molecular weight is 423 g/mol. The van der Waals surface area contributed by atoms with E-state index >= 15 is 0 Å². The second-order valence-electron chi connectivity index (χ2n) is 5.30. The summed E-state index contributed by atoms with van der Waals surface area (Å²) in [6.45, 7) is 3.08. The van der Waals surface area contributed by atoms with Crippen LogP contribution in [0.2, 0.25) is 0 Å². The number of ether oxygens (including phenoxy) is 1. The lowest BCUT2D eigenvalue weighted by Crippen LogP contribution is -2.50. The number of piperazine rings is 1. The van der Waals surface area contributed by atoms with E-state index in [1.807, 2.05) is 47.4 Å². The van der Waals surface area contributed by atoms with E-state index in [4.69, 9.17) is 4.74 Å². The van der Waals surface area contributed by atoms with Crippen LogP contribution in [-0.4, -0.2) is 48.6 Å². The molecule has 1 aliphatic rings. The second kappa shape index (κ2) is 7.63. The number of aromatic nitrogens is 1. The summed E-state index contributed by atoms with van der Waals surface area (Å²) < 4.78 is 6.71. The number of hydrogen-bond acceptors (Lipinski definition) is 4. The van der Waals surface area contributed by atoms with Gasteiger partial charge in [0.1, 0.15) is 11.6 Å². The van der Waals surface area contributed by atoms with Crippen LogP contribution in [-0.2, 0) is 4.79 Å². The van der Waals surface area contributed by atoms with Gasteiger partial charge in [0.05, 0.1) is 0 Å². The Morgan fingerprint density at radius 3 is 2.48 bits per heavy atom. The topological polar surface area (TPSA) is 45.7 Å². The fraction of sp³-hybridized carbons (Fsp3) is 0.294. The summed E-state index contributed by atoms with van der Waals surface area (Å²) >= 11 is 2.24. The van der Waals surface area contributed by atoms with Crippen LogP contribution in [0.15, 0.2) is 48.7 Å². The maximum atomic E-state index is 12.2. The number of amides is 1. The van der Waals surface area contributed by atoms with Gasteiger partial charge in [-0.15, -0.1) is 0 Å². The predicted octanol–water partition coefficient (Wildman–Crippen LogP) is 2.41. The van der Waals surface area contributed by atoms with Gasteiger partial charge in [-0.25, -0.2) is 4.98 Å². The molecular weight excluding hydrogens is 405 g/mol. The third-order valence-corrected chi connectivity index (χ3v) is 4.50. The molecule has 120 valence electrons. The summed E-state index contributed by atoms with van der Waals surface area (Å²) in [5.41, 5.74) is 0. The highest BCUT2D eigenvalue weighted by Crippen LogP contribution is 2.15. The zero-order valence-electron chi connectivity index (χ0n) is 12.7. The lowest BCUT2D eigenvalue weighted by molar-refractivity contribution is -0.133. The number of benzene rings is 1. The van der Waals surface area contributed by atoms with E-state index in [1.54, 1.807) is 6.20 Å². The lowest BCUT2D eigenvalue weighted by atomic mass is 10.3. The van der Waals surface area contributed by atoms with Crippen molar-refractivity contribution in [2.24, 2.45) is 0 Å². The smallest absolute Gasteiger partial charge is 0.260 e. The Hall–Kier alpha value is -1.83. The zero-order chi connectivity index (χ0) is 16.1. The van der Waals surface area contributed by atoms with Crippen LogP contribution in [0.3, 0.4) is 0 Å². The second-order valence-corrected chi connectivity index (χ2v) is 6.54. The molecule has 0 aliphatic carbocycles. The SMILES string of the molecule is O=C(COc1ccc(I)cc1)N1CCN(c2ccccn2)CC1. The minimum absolute atomic E-state index is 0.0317. The molecule has 0 radical (unpaired) electrons. The molecule has 0 saturated carbocycles. The van der Waals surface area contributed by atoms with E-state index in [9.17, 15) is 4.79 Å². The van der Waals surface area contributed by atoms with E-state index in [2.05, 4.69) is 32.5 Å². The first kappa shape index (κ1) is 16.0. The molecule has 0 atom stereocenters. The molecular formula is C17H18IN3O2. The molecule has 5 nitrogen and oxygen atoms in total. The van der Waals surface area contributed by atoms with Gasteiger partial charge in [0, 0.05) is 35.9 Å². The van der Waals surface area contributed by atoms with E-state index in [-0.39, 0.29) is 12.5 Å². The minimum Gasteiger partial charge on any atom is -0.484 e. The predicted molar refractivity (Wildman–Crippen MR) is 97.7 cm³/mol. The van der Waals surface area contributed by atoms with Crippen LogP contribution in [0.4, 0.5) is 5.82 Å². The highest BCUT2D eigenvalue weighted by atomic mass is 127. The van der Waals surface area contributed by atoms with Crippen molar-refractivity contribution in [1.82, 2.24) is 9.88 Å². The van der Waals surface area contributed by atoms with Crippen molar-refractivity contribution < 1.29 is 9.53 Å². The first-order valence-electron chi connectivity index (χ1n) is 7.54.